The van der Waals surface area contributed by atoms with E-state index in [1.165, 1.54) is 4.43 Å². The molecule has 12 heteroatoms. The molecule has 4 nitrogen and oxygen atoms in total. The number of nitrogens with two attached hydrogens (primary N) is 2. The van der Waals surface area contributed by atoms with Crippen molar-refractivity contribution in [1.82, 2.24) is 9.97 Å². The quantitative estimate of drug-likeness (QED) is 0.0796. The van der Waals surface area contributed by atoms with Crippen molar-refractivity contribution in [3.05, 3.63) is 75.7 Å². The van der Waals surface area contributed by atoms with Crippen molar-refractivity contribution in [2.75, 3.05) is 15.9 Å². The molecule has 4 N–H and O–H groups in total. The Kier molecular flexibility index (Phi) is 21.8. The van der Waals surface area contributed by atoms with Crippen LogP contribution in [0.5, 0.6) is 0 Å². The minimum atomic E-state index is -0.278. The molecule has 0 aliphatic heterocycles. The van der Waals surface area contributed by atoms with Crippen LogP contribution < -0.4 is 11.5 Å². The third-order valence-electron chi connectivity index (χ3n) is 3.39. The summed E-state index contributed by atoms with van der Waals surface area (Å²) in [6, 6.07) is 15.3. The summed E-state index contributed by atoms with van der Waals surface area (Å²) in [5.74, 6) is 0.910. The third kappa shape index (κ3) is 15.3. The normalized spacial score (nSPS) is 9.74. The molecular weight excluding hydrogens is 1120 g/mol. The number of benzene rings is 2. The summed E-state index contributed by atoms with van der Waals surface area (Å²) in [4.78, 5) is 7.69. The summed E-state index contributed by atoms with van der Waals surface area (Å²) in [5, 5.41) is 3.90. The molecule has 0 fully saturated rings. The SMILES string of the molecule is C.CCI.Nc1cc2cc(Br)ccc2c(Br)n1.[2H]c1nc(N)cc2cc(Br)ccc12.[CH3-].[I][V]([I])[I]. The average Bonchev–Trinajstić information content (AvgIpc) is 2.67. The second kappa shape index (κ2) is 20.7. The first-order chi connectivity index (χ1) is 15.5. The molecule has 4 rings (SSSR count). The van der Waals surface area contributed by atoms with E-state index in [0.717, 1.165) is 35.1 Å². The van der Waals surface area contributed by atoms with Crippen LogP contribution in [0.15, 0.2) is 68.3 Å². The van der Waals surface area contributed by atoms with E-state index in [4.69, 9.17) is 12.8 Å². The summed E-state index contributed by atoms with van der Waals surface area (Å²) in [7, 11) is 0. The Morgan fingerprint density at radius 3 is 1.91 bits per heavy atom. The first kappa shape index (κ1) is 35.8. The number of nitrogen functional groups attached to an aromatic ring is 2. The first-order valence-corrected chi connectivity index (χ1v) is 26.1. The maximum atomic E-state index is 7.57. The minimum absolute atomic E-state index is 0. The van der Waals surface area contributed by atoms with Gasteiger partial charge in [0.2, 0.25) is 0 Å². The zero-order valence-corrected chi connectivity index (χ0v) is 32.3. The van der Waals surface area contributed by atoms with Gasteiger partial charge in [-0.1, -0.05) is 80.9 Å². The van der Waals surface area contributed by atoms with E-state index in [1.807, 2.05) is 42.5 Å². The number of fused-ring (bicyclic) bond motifs is 2. The van der Waals surface area contributed by atoms with Gasteiger partial charge in [0.1, 0.15) is 16.2 Å². The van der Waals surface area contributed by atoms with Gasteiger partial charge >= 0.3 is 64.9 Å². The summed E-state index contributed by atoms with van der Waals surface area (Å²) < 4.78 is 11.6. The number of halogens is 7. The number of rotatable bonds is 0. The topological polar surface area (TPSA) is 77.8 Å². The zero-order valence-electron chi connectivity index (χ0n) is 18.5. The van der Waals surface area contributed by atoms with E-state index in [0.29, 0.717) is 11.6 Å². The Labute approximate surface area is 281 Å². The van der Waals surface area contributed by atoms with Crippen LogP contribution >= 0.6 is 130 Å². The van der Waals surface area contributed by atoms with E-state index < -0.39 is 0 Å². The van der Waals surface area contributed by atoms with Gasteiger partial charge in [-0.2, -0.15) is 0 Å². The van der Waals surface area contributed by atoms with Gasteiger partial charge in [-0.25, -0.2) is 9.97 Å². The molecule has 0 spiro atoms. The van der Waals surface area contributed by atoms with Gasteiger partial charge < -0.3 is 18.9 Å². The van der Waals surface area contributed by atoms with Crippen molar-refractivity contribution in [1.29, 1.82) is 0 Å². The molecule has 0 unspecified atom stereocenters. The fourth-order valence-corrected chi connectivity index (χ4v) is 3.60. The van der Waals surface area contributed by atoms with E-state index >= 15 is 0 Å². The Hall–Kier alpha value is 1.80. The van der Waals surface area contributed by atoms with Crippen molar-refractivity contribution in [3.8, 4) is 0 Å². The molecular formula is C22H25Br3I4N4V-. The molecule has 0 aliphatic rings. The molecule has 34 heavy (non-hydrogen) atoms. The molecule has 0 amide bonds. The summed E-state index contributed by atoms with van der Waals surface area (Å²) in [5.41, 5.74) is 11.1. The molecule has 188 valence electrons. The van der Waals surface area contributed by atoms with E-state index in [1.54, 1.807) is 6.07 Å². The number of pyridine rings is 2. The van der Waals surface area contributed by atoms with Crippen LogP contribution in [0.4, 0.5) is 11.6 Å². The Bertz CT molecular complexity index is 1100. The fraction of sp³-hybridized carbons (Fsp3) is 0.136. The number of alkyl halides is 1. The van der Waals surface area contributed by atoms with Crippen LogP contribution in [0.1, 0.15) is 15.7 Å². The number of hydrogen-bond acceptors (Lipinski definition) is 4. The number of hydrogen-bond donors (Lipinski definition) is 2. The van der Waals surface area contributed by atoms with Crippen LogP contribution in [0, 0.1) is 7.43 Å². The number of anilines is 2. The molecule has 2 aromatic carbocycles. The van der Waals surface area contributed by atoms with Crippen LogP contribution in [-0.4, -0.2) is 14.4 Å². The summed E-state index contributed by atoms with van der Waals surface area (Å²) in [6.07, 6.45) is 0.225. The van der Waals surface area contributed by atoms with E-state index in [9.17, 15) is 0 Å². The van der Waals surface area contributed by atoms with Crippen LogP contribution in [0.25, 0.3) is 21.5 Å². The van der Waals surface area contributed by atoms with E-state index in [2.05, 4.69) is 147 Å². The monoisotopic (exact) mass is 1140 g/mol. The molecule has 0 bridgehead atoms. The molecule has 0 atom stereocenters. The van der Waals surface area contributed by atoms with Crippen molar-refractivity contribution in [2.24, 2.45) is 0 Å². The first-order valence-electron chi connectivity index (χ1n) is 9.15. The maximum absolute atomic E-state index is 7.57. The van der Waals surface area contributed by atoms with Crippen molar-refractivity contribution >= 4 is 163 Å². The molecule has 2 aromatic heterocycles. The second-order valence-electron chi connectivity index (χ2n) is 5.69. The zero-order chi connectivity index (χ0) is 25.1. The summed E-state index contributed by atoms with van der Waals surface area (Å²) >= 11 is 19.8. The van der Waals surface area contributed by atoms with Gasteiger partial charge in [-0.15, -0.1) is 0 Å². The van der Waals surface area contributed by atoms with Gasteiger partial charge in [-0.3, -0.25) is 0 Å². The standard InChI is InChI=1S/C9H6Br2N2.C9H7BrN2.C2H5I.CH4.CH3.3HI.V/c10-6-1-2-7-5(3-6)4-8(12)13-9(7)11;10-8-2-1-6-5-12-9(11)4-7(6)3-8;1-2-3;;;;;;/h1-4H,(H2,12,13);1-5H,(H2,11,12);2H2,1H3;1H4;1H3;3*1H;/q;;;;-1;;;;+3/p-3/i;5D;;;;;;;. The van der Waals surface area contributed by atoms with Crippen LogP contribution in [0.3, 0.4) is 0 Å². The fourth-order valence-electron chi connectivity index (χ4n) is 2.28. The molecule has 4 aromatic rings. The van der Waals surface area contributed by atoms with Crippen molar-refractivity contribution in [2.45, 2.75) is 14.4 Å². The molecule has 2 heterocycles. The molecule has 0 saturated carbocycles. The van der Waals surface area contributed by atoms with Gasteiger partial charge in [-0.05, 0) is 67.5 Å². The average molecular weight is 1140 g/mol. The van der Waals surface area contributed by atoms with Gasteiger partial charge in [0.25, 0.3) is 0 Å². The van der Waals surface area contributed by atoms with Crippen molar-refractivity contribution in [3.63, 3.8) is 0 Å². The van der Waals surface area contributed by atoms with Crippen LogP contribution in [-0.2, 0) is 4.92 Å². The Morgan fingerprint density at radius 2 is 1.35 bits per heavy atom. The van der Waals surface area contributed by atoms with Crippen LogP contribution in [0.2, 0.25) is 0 Å². The predicted molar refractivity (Wildman–Crippen MR) is 195 cm³/mol. The second-order valence-corrected chi connectivity index (χ2v) is 45.2. The van der Waals surface area contributed by atoms with Gasteiger partial charge in [0.05, 0.1) is 1.37 Å². The molecule has 0 saturated heterocycles. The molecule has 0 aliphatic carbocycles. The number of nitrogens with zero attached hydrogens (tertiary/aromatic N) is 2. The predicted octanol–water partition coefficient (Wildman–Crippen LogP) is 11.1. The van der Waals surface area contributed by atoms with Gasteiger partial charge in [0.15, 0.2) is 0 Å². The van der Waals surface area contributed by atoms with Crippen molar-refractivity contribution < 1.29 is 6.29 Å². The summed E-state index contributed by atoms with van der Waals surface area (Å²) in [6.45, 7) is 2.11. The third-order valence-corrected chi connectivity index (χ3v) is 4.98. The van der Waals surface area contributed by atoms with E-state index in [-0.39, 0.29) is 25.9 Å². The molecule has 0 radical (unpaired) electrons. The Morgan fingerprint density at radius 1 is 0.882 bits per heavy atom. The Balaban J connectivity index is 0. The number of aromatic nitrogens is 2. The van der Waals surface area contributed by atoms with Gasteiger partial charge in [0, 0.05) is 25.9 Å².